The number of benzene rings is 2. The van der Waals surface area contributed by atoms with E-state index in [9.17, 15) is 4.79 Å². The molecule has 0 unspecified atom stereocenters. The lowest BCUT2D eigenvalue weighted by atomic mass is 10.1. The normalized spacial score (nSPS) is 10.1. The first-order valence-electron chi connectivity index (χ1n) is 6.21. The molecule has 3 heteroatoms. The second-order valence-electron chi connectivity index (χ2n) is 4.31. The number of carboxylic acids is 1. The molecule has 0 aliphatic rings. The van der Waals surface area contributed by atoms with Crippen molar-refractivity contribution >= 4 is 5.97 Å². The summed E-state index contributed by atoms with van der Waals surface area (Å²) in [7, 11) is 0. The van der Waals surface area contributed by atoms with E-state index >= 15 is 0 Å². The third-order valence-electron chi connectivity index (χ3n) is 2.80. The van der Waals surface area contributed by atoms with Crippen molar-refractivity contribution in [2.45, 2.75) is 19.4 Å². The van der Waals surface area contributed by atoms with Crippen molar-refractivity contribution in [1.29, 1.82) is 0 Å². The lowest BCUT2D eigenvalue weighted by Crippen LogP contribution is -1.98. The molecule has 0 radical (unpaired) electrons. The summed E-state index contributed by atoms with van der Waals surface area (Å²) in [6, 6.07) is 17.5. The van der Waals surface area contributed by atoms with Crippen LogP contribution in [0, 0.1) is 0 Å². The van der Waals surface area contributed by atoms with Crippen molar-refractivity contribution in [2.24, 2.45) is 0 Å². The van der Waals surface area contributed by atoms with Gasteiger partial charge in [-0.2, -0.15) is 0 Å². The summed E-state index contributed by atoms with van der Waals surface area (Å²) in [5.74, 6) is 0.0777. The molecule has 0 aliphatic carbocycles. The predicted octanol–water partition coefficient (Wildman–Crippen LogP) is 3.28. The molecule has 1 N–H and O–H groups in total. The highest BCUT2D eigenvalue weighted by atomic mass is 16.5. The van der Waals surface area contributed by atoms with Crippen molar-refractivity contribution in [3.05, 3.63) is 65.7 Å². The van der Waals surface area contributed by atoms with Crippen LogP contribution in [0.15, 0.2) is 54.6 Å². The zero-order chi connectivity index (χ0) is 13.5. The minimum absolute atomic E-state index is 0.167. The van der Waals surface area contributed by atoms with Gasteiger partial charge in [0.25, 0.3) is 0 Å². The standard InChI is InChI=1S/C16H16O3/c17-16(18)11-10-13-6-8-14(9-7-13)12-19-15-4-2-1-3-5-15/h1-9H,10-12H2,(H,17,18). The monoisotopic (exact) mass is 256 g/mol. The first-order chi connectivity index (χ1) is 9.24. The van der Waals surface area contributed by atoms with Gasteiger partial charge in [-0.05, 0) is 29.7 Å². The Morgan fingerprint density at radius 2 is 1.58 bits per heavy atom. The average Bonchev–Trinajstić information content (AvgIpc) is 2.45. The quantitative estimate of drug-likeness (QED) is 0.862. The number of hydrogen-bond acceptors (Lipinski definition) is 2. The van der Waals surface area contributed by atoms with Gasteiger partial charge >= 0.3 is 5.97 Å². The third kappa shape index (κ3) is 4.47. The number of rotatable bonds is 6. The van der Waals surface area contributed by atoms with E-state index < -0.39 is 5.97 Å². The van der Waals surface area contributed by atoms with Crippen LogP contribution in [0.1, 0.15) is 17.5 Å². The molecule has 98 valence electrons. The molecule has 2 aromatic carbocycles. The van der Waals surface area contributed by atoms with Crippen LogP contribution in [-0.2, 0) is 17.8 Å². The molecule has 0 heterocycles. The Morgan fingerprint density at radius 3 is 2.21 bits per heavy atom. The Balaban J connectivity index is 1.86. The minimum atomic E-state index is -0.767. The van der Waals surface area contributed by atoms with Gasteiger partial charge in [-0.1, -0.05) is 42.5 Å². The fourth-order valence-corrected chi connectivity index (χ4v) is 1.74. The van der Waals surface area contributed by atoms with Crippen LogP contribution in [0.3, 0.4) is 0 Å². The fraction of sp³-hybridized carbons (Fsp3) is 0.188. The van der Waals surface area contributed by atoms with Crippen molar-refractivity contribution in [2.75, 3.05) is 0 Å². The van der Waals surface area contributed by atoms with Gasteiger partial charge in [0.05, 0.1) is 0 Å². The van der Waals surface area contributed by atoms with Crippen molar-refractivity contribution < 1.29 is 14.6 Å². The Hall–Kier alpha value is -2.29. The van der Waals surface area contributed by atoms with Gasteiger partial charge in [-0.3, -0.25) is 4.79 Å². The van der Waals surface area contributed by atoms with Crippen LogP contribution in [0.2, 0.25) is 0 Å². The molecule has 0 saturated heterocycles. The number of aliphatic carboxylic acids is 1. The van der Waals surface area contributed by atoms with Crippen molar-refractivity contribution in [3.8, 4) is 5.75 Å². The van der Waals surface area contributed by atoms with Gasteiger partial charge in [0.2, 0.25) is 0 Å². The topological polar surface area (TPSA) is 46.5 Å². The summed E-state index contributed by atoms with van der Waals surface area (Å²) < 4.78 is 5.64. The second-order valence-corrected chi connectivity index (χ2v) is 4.31. The van der Waals surface area contributed by atoms with Crippen molar-refractivity contribution in [1.82, 2.24) is 0 Å². The molecule has 0 saturated carbocycles. The van der Waals surface area contributed by atoms with Gasteiger partial charge in [0.1, 0.15) is 12.4 Å². The summed E-state index contributed by atoms with van der Waals surface area (Å²) >= 11 is 0. The van der Waals surface area contributed by atoms with Crippen molar-refractivity contribution in [3.63, 3.8) is 0 Å². The summed E-state index contributed by atoms with van der Waals surface area (Å²) in [5, 5.41) is 8.62. The second kappa shape index (κ2) is 6.59. The first kappa shape index (κ1) is 13.1. The molecule has 2 aromatic rings. The predicted molar refractivity (Wildman–Crippen MR) is 73.2 cm³/mol. The van der Waals surface area contributed by atoms with E-state index in [1.54, 1.807) is 0 Å². The minimum Gasteiger partial charge on any atom is -0.489 e. The van der Waals surface area contributed by atoms with Gasteiger partial charge in [0, 0.05) is 6.42 Å². The molecule has 0 spiro atoms. The highest BCUT2D eigenvalue weighted by Gasteiger charge is 2.00. The lowest BCUT2D eigenvalue weighted by molar-refractivity contribution is -0.136. The SMILES string of the molecule is O=C(O)CCc1ccc(COc2ccccc2)cc1. The van der Waals surface area contributed by atoms with Gasteiger partial charge in [0.15, 0.2) is 0 Å². The van der Waals surface area contributed by atoms with Crippen LogP contribution in [-0.4, -0.2) is 11.1 Å². The Kier molecular flexibility index (Phi) is 4.56. The molecular formula is C16H16O3. The highest BCUT2D eigenvalue weighted by molar-refractivity contribution is 5.67. The number of hydrogen-bond donors (Lipinski definition) is 1. The number of aryl methyl sites for hydroxylation is 1. The zero-order valence-corrected chi connectivity index (χ0v) is 10.6. The Bertz CT molecular complexity index is 517. The maximum atomic E-state index is 10.5. The molecule has 0 amide bonds. The molecule has 3 nitrogen and oxygen atoms in total. The lowest BCUT2D eigenvalue weighted by Gasteiger charge is -2.06. The molecule has 19 heavy (non-hydrogen) atoms. The van der Waals surface area contributed by atoms with Crippen LogP contribution in [0.25, 0.3) is 0 Å². The molecular weight excluding hydrogens is 240 g/mol. The van der Waals surface area contributed by atoms with Crippen LogP contribution >= 0.6 is 0 Å². The molecule has 0 aromatic heterocycles. The van der Waals surface area contributed by atoms with Gasteiger partial charge < -0.3 is 9.84 Å². The average molecular weight is 256 g/mol. The van der Waals surface area contributed by atoms with E-state index in [1.165, 1.54) is 0 Å². The van der Waals surface area contributed by atoms with Crippen LogP contribution < -0.4 is 4.74 Å². The van der Waals surface area contributed by atoms with Crippen LogP contribution in [0.4, 0.5) is 0 Å². The van der Waals surface area contributed by atoms with Gasteiger partial charge in [-0.25, -0.2) is 0 Å². The summed E-state index contributed by atoms with van der Waals surface area (Å²) in [4.78, 5) is 10.5. The van der Waals surface area contributed by atoms with E-state index in [0.717, 1.165) is 16.9 Å². The first-order valence-corrected chi connectivity index (χ1v) is 6.21. The number of para-hydroxylation sites is 1. The van der Waals surface area contributed by atoms with E-state index in [1.807, 2.05) is 54.6 Å². The fourth-order valence-electron chi connectivity index (χ4n) is 1.74. The Morgan fingerprint density at radius 1 is 0.947 bits per heavy atom. The number of carboxylic acid groups (broad SMARTS) is 1. The molecule has 0 aliphatic heterocycles. The van der Waals surface area contributed by atoms with E-state index in [-0.39, 0.29) is 6.42 Å². The molecule has 0 bridgehead atoms. The van der Waals surface area contributed by atoms with Gasteiger partial charge in [-0.15, -0.1) is 0 Å². The zero-order valence-electron chi connectivity index (χ0n) is 10.6. The summed E-state index contributed by atoms with van der Waals surface area (Å²) in [5.41, 5.74) is 2.11. The van der Waals surface area contributed by atoms with Crippen LogP contribution in [0.5, 0.6) is 5.75 Å². The largest absolute Gasteiger partial charge is 0.489 e. The molecule has 2 rings (SSSR count). The van der Waals surface area contributed by atoms with E-state index in [4.69, 9.17) is 9.84 Å². The summed E-state index contributed by atoms with van der Waals surface area (Å²) in [6.45, 7) is 0.517. The maximum Gasteiger partial charge on any atom is 0.303 e. The smallest absolute Gasteiger partial charge is 0.303 e. The molecule has 0 atom stereocenters. The Labute approximate surface area is 112 Å². The molecule has 0 fully saturated rings. The maximum absolute atomic E-state index is 10.5. The third-order valence-corrected chi connectivity index (χ3v) is 2.80. The summed E-state index contributed by atoms with van der Waals surface area (Å²) in [6.07, 6.45) is 0.731. The number of carbonyl (C=O) groups is 1. The number of ether oxygens (including phenoxy) is 1. The highest BCUT2D eigenvalue weighted by Crippen LogP contribution is 2.12. The van der Waals surface area contributed by atoms with E-state index in [0.29, 0.717) is 13.0 Å². The van der Waals surface area contributed by atoms with E-state index in [2.05, 4.69) is 0 Å².